The van der Waals surface area contributed by atoms with Crippen LogP contribution in [-0.2, 0) is 10.0 Å². The van der Waals surface area contributed by atoms with Crippen molar-refractivity contribution >= 4 is 27.4 Å². The van der Waals surface area contributed by atoms with Gasteiger partial charge in [-0.3, -0.25) is 4.72 Å². The first-order chi connectivity index (χ1) is 11.1. The molecule has 0 atom stereocenters. The Morgan fingerprint density at radius 3 is 2.33 bits per heavy atom. The maximum atomic E-state index is 12.6. The standard InChI is InChI=1S/C17H20N2O4S/c1-11-5-6-12(2)16(9-11)24(22,23)18-13-7-8-15(19(3)4)14(10-13)17(20)21/h5-10,18H,1-4H3,(H,20,21). The largest absolute Gasteiger partial charge is 0.478 e. The summed E-state index contributed by atoms with van der Waals surface area (Å²) >= 11 is 0. The molecule has 0 amide bonds. The maximum absolute atomic E-state index is 12.6. The van der Waals surface area contributed by atoms with Gasteiger partial charge in [0.1, 0.15) is 0 Å². The van der Waals surface area contributed by atoms with E-state index in [1.165, 1.54) is 6.07 Å². The first-order valence-corrected chi connectivity index (χ1v) is 8.75. The SMILES string of the molecule is Cc1ccc(C)c(S(=O)(=O)Nc2ccc(N(C)C)c(C(=O)O)c2)c1. The highest BCUT2D eigenvalue weighted by Crippen LogP contribution is 2.26. The summed E-state index contributed by atoms with van der Waals surface area (Å²) in [6.45, 7) is 3.53. The van der Waals surface area contributed by atoms with E-state index in [1.807, 2.05) is 13.0 Å². The summed E-state index contributed by atoms with van der Waals surface area (Å²) < 4.78 is 27.7. The van der Waals surface area contributed by atoms with Crippen LogP contribution in [0.3, 0.4) is 0 Å². The number of hydrogen-bond donors (Lipinski definition) is 2. The smallest absolute Gasteiger partial charge is 0.337 e. The molecule has 24 heavy (non-hydrogen) atoms. The second-order valence-corrected chi connectivity index (χ2v) is 7.46. The molecule has 0 unspecified atom stereocenters. The number of nitrogens with zero attached hydrogens (tertiary/aromatic N) is 1. The molecule has 2 aromatic carbocycles. The van der Waals surface area contributed by atoms with Crippen LogP contribution in [-0.4, -0.2) is 33.6 Å². The van der Waals surface area contributed by atoms with E-state index in [0.29, 0.717) is 11.3 Å². The van der Waals surface area contributed by atoms with Crippen molar-refractivity contribution in [2.24, 2.45) is 0 Å². The van der Waals surface area contributed by atoms with Gasteiger partial charge in [0.05, 0.1) is 16.1 Å². The first kappa shape index (κ1) is 17.8. The fraction of sp³-hybridized carbons (Fsp3) is 0.235. The minimum absolute atomic E-state index is 0.0289. The van der Waals surface area contributed by atoms with Crippen molar-refractivity contribution in [1.29, 1.82) is 0 Å². The number of benzene rings is 2. The number of sulfonamides is 1. The maximum Gasteiger partial charge on any atom is 0.337 e. The molecule has 128 valence electrons. The Morgan fingerprint density at radius 2 is 1.75 bits per heavy atom. The van der Waals surface area contributed by atoms with E-state index in [-0.39, 0.29) is 16.1 Å². The molecule has 2 aromatic rings. The minimum Gasteiger partial charge on any atom is -0.478 e. The van der Waals surface area contributed by atoms with Crippen molar-refractivity contribution in [3.63, 3.8) is 0 Å². The monoisotopic (exact) mass is 348 g/mol. The van der Waals surface area contributed by atoms with Crippen molar-refractivity contribution in [2.75, 3.05) is 23.7 Å². The van der Waals surface area contributed by atoms with Crippen LogP contribution < -0.4 is 9.62 Å². The van der Waals surface area contributed by atoms with E-state index in [1.54, 1.807) is 50.2 Å². The van der Waals surface area contributed by atoms with Crippen molar-refractivity contribution in [1.82, 2.24) is 0 Å². The molecule has 2 rings (SSSR count). The molecule has 0 radical (unpaired) electrons. The Morgan fingerprint density at radius 1 is 1.08 bits per heavy atom. The van der Waals surface area contributed by atoms with Crippen LogP contribution in [0.1, 0.15) is 21.5 Å². The number of aryl methyl sites for hydroxylation is 2. The number of hydrogen-bond acceptors (Lipinski definition) is 4. The second kappa shape index (κ2) is 6.52. The molecule has 0 aliphatic rings. The van der Waals surface area contributed by atoms with E-state index in [4.69, 9.17) is 0 Å². The van der Waals surface area contributed by atoms with Crippen LogP contribution in [0.15, 0.2) is 41.3 Å². The molecule has 0 fully saturated rings. The van der Waals surface area contributed by atoms with Gasteiger partial charge >= 0.3 is 5.97 Å². The second-order valence-electron chi connectivity index (χ2n) is 5.81. The summed E-state index contributed by atoms with van der Waals surface area (Å²) in [6, 6.07) is 9.60. The molecular weight excluding hydrogens is 328 g/mol. The highest BCUT2D eigenvalue weighted by atomic mass is 32.2. The lowest BCUT2D eigenvalue weighted by molar-refractivity contribution is 0.0697. The molecule has 0 spiro atoms. The molecule has 6 nitrogen and oxygen atoms in total. The highest BCUT2D eigenvalue weighted by Gasteiger charge is 2.19. The van der Waals surface area contributed by atoms with Gasteiger partial charge in [-0.25, -0.2) is 13.2 Å². The van der Waals surface area contributed by atoms with Gasteiger partial charge in [0.15, 0.2) is 0 Å². The predicted octanol–water partition coefficient (Wildman–Crippen LogP) is 2.87. The molecule has 0 aromatic heterocycles. The Hall–Kier alpha value is -2.54. The number of carboxylic acid groups (broad SMARTS) is 1. The molecule has 7 heteroatoms. The van der Waals surface area contributed by atoms with E-state index in [9.17, 15) is 18.3 Å². The third-order valence-corrected chi connectivity index (χ3v) is 5.12. The highest BCUT2D eigenvalue weighted by molar-refractivity contribution is 7.92. The zero-order valence-corrected chi connectivity index (χ0v) is 14.8. The van der Waals surface area contributed by atoms with Crippen LogP contribution in [0, 0.1) is 13.8 Å². The van der Waals surface area contributed by atoms with E-state index in [0.717, 1.165) is 5.56 Å². The van der Waals surface area contributed by atoms with Gasteiger partial charge in [-0.05, 0) is 49.2 Å². The number of rotatable bonds is 5. The normalized spacial score (nSPS) is 11.2. The van der Waals surface area contributed by atoms with Crippen LogP contribution in [0.2, 0.25) is 0 Å². The van der Waals surface area contributed by atoms with Crippen molar-refractivity contribution < 1.29 is 18.3 Å². The molecule has 0 aliphatic carbocycles. The third kappa shape index (κ3) is 3.68. The number of nitrogens with one attached hydrogen (secondary N) is 1. The summed E-state index contributed by atoms with van der Waals surface area (Å²) in [7, 11) is -0.351. The van der Waals surface area contributed by atoms with E-state index >= 15 is 0 Å². The fourth-order valence-corrected chi connectivity index (χ4v) is 3.75. The number of anilines is 2. The average molecular weight is 348 g/mol. The van der Waals surface area contributed by atoms with Gasteiger partial charge in [0.2, 0.25) is 0 Å². The van der Waals surface area contributed by atoms with Gasteiger partial charge < -0.3 is 10.0 Å². The topological polar surface area (TPSA) is 86.7 Å². The van der Waals surface area contributed by atoms with Crippen molar-refractivity contribution in [3.8, 4) is 0 Å². The molecule has 0 heterocycles. The van der Waals surface area contributed by atoms with Crippen molar-refractivity contribution in [2.45, 2.75) is 18.7 Å². The molecule has 0 bridgehead atoms. The van der Waals surface area contributed by atoms with Crippen molar-refractivity contribution in [3.05, 3.63) is 53.1 Å². The average Bonchev–Trinajstić information content (AvgIpc) is 2.48. The molecule has 0 saturated heterocycles. The molecule has 0 saturated carbocycles. The lowest BCUT2D eigenvalue weighted by Gasteiger charge is -2.17. The van der Waals surface area contributed by atoms with Gasteiger partial charge in [0.25, 0.3) is 10.0 Å². The first-order valence-electron chi connectivity index (χ1n) is 7.26. The minimum atomic E-state index is -3.80. The molecule has 0 aliphatic heterocycles. The third-order valence-electron chi connectivity index (χ3n) is 3.59. The van der Waals surface area contributed by atoms with Gasteiger partial charge in [0, 0.05) is 19.8 Å². The van der Waals surface area contributed by atoms with Crippen LogP contribution in [0.4, 0.5) is 11.4 Å². The zero-order valence-electron chi connectivity index (χ0n) is 14.0. The molecule has 2 N–H and O–H groups in total. The quantitative estimate of drug-likeness (QED) is 0.868. The number of carbonyl (C=O) groups is 1. The summed E-state index contributed by atoms with van der Waals surface area (Å²) in [5, 5.41) is 9.33. The lowest BCUT2D eigenvalue weighted by atomic mass is 10.1. The summed E-state index contributed by atoms with van der Waals surface area (Å²) in [5.74, 6) is -1.12. The Balaban J connectivity index is 2.45. The predicted molar refractivity (Wildman–Crippen MR) is 94.5 cm³/mol. The summed E-state index contributed by atoms with van der Waals surface area (Å²) in [6.07, 6.45) is 0. The Labute approximate surface area is 141 Å². The van der Waals surface area contributed by atoms with Gasteiger partial charge in [-0.2, -0.15) is 0 Å². The zero-order chi connectivity index (χ0) is 18.1. The van der Waals surface area contributed by atoms with Gasteiger partial charge in [-0.15, -0.1) is 0 Å². The van der Waals surface area contributed by atoms with Gasteiger partial charge in [-0.1, -0.05) is 12.1 Å². The Bertz CT molecular complexity index is 889. The van der Waals surface area contributed by atoms with Crippen LogP contribution in [0.5, 0.6) is 0 Å². The van der Waals surface area contributed by atoms with E-state index in [2.05, 4.69) is 4.72 Å². The molecular formula is C17H20N2O4S. The number of aromatic carboxylic acids is 1. The Kier molecular flexibility index (Phi) is 4.84. The fourth-order valence-electron chi connectivity index (χ4n) is 2.37. The number of carboxylic acids is 1. The summed E-state index contributed by atoms with van der Waals surface area (Å²) in [4.78, 5) is 13.2. The van der Waals surface area contributed by atoms with Crippen LogP contribution in [0.25, 0.3) is 0 Å². The summed E-state index contributed by atoms with van der Waals surface area (Å²) in [5.41, 5.74) is 2.18. The van der Waals surface area contributed by atoms with E-state index < -0.39 is 16.0 Å². The van der Waals surface area contributed by atoms with Crippen LogP contribution >= 0.6 is 0 Å². The lowest BCUT2D eigenvalue weighted by Crippen LogP contribution is -2.17.